The van der Waals surface area contributed by atoms with Crippen molar-refractivity contribution in [3.8, 4) is 5.75 Å². The van der Waals surface area contributed by atoms with Crippen LogP contribution in [0.15, 0.2) is 23.3 Å². The van der Waals surface area contributed by atoms with Gasteiger partial charge in [-0.15, -0.1) is 0 Å². The van der Waals surface area contributed by atoms with E-state index in [0.717, 1.165) is 18.5 Å². The number of hydrogen-bond acceptors (Lipinski definition) is 3. The molecule has 0 amide bonds. The first-order valence-electron chi connectivity index (χ1n) is 5.25. The normalized spacial score (nSPS) is 10.5. The van der Waals surface area contributed by atoms with Crippen molar-refractivity contribution in [1.29, 1.82) is 0 Å². The predicted molar refractivity (Wildman–Crippen MR) is 58.3 cm³/mol. The molecule has 1 heterocycles. The Hall–Kier alpha value is -2.71. The van der Waals surface area contributed by atoms with Gasteiger partial charge >= 0.3 is 5.97 Å². The molecule has 0 radical (unpaired) electrons. The van der Waals surface area contributed by atoms with Crippen LogP contribution in [0.1, 0.15) is 10.4 Å². The van der Waals surface area contributed by atoms with Gasteiger partial charge in [-0.2, -0.15) is 8.78 Å². The van der Waals surface area contributed by atoms with Gasteiger partial charge in [0, 0.05) is 18.5 Å². The van der Waals surface area contributed by atoms with Gasteiger partial charge in [-0.25, -0.2) is 18.0 Å². The number of aromatic nitrogens is 1. The lowest BCUT2D eigenvalue weighted by Gasteiger charge is -2.08. The third-order valence-electron chi connectivity index (χ3n) is 2.41. The van der Waals surface area contributed by atoms with Crippen LogP contribution in [0.5, 0.6) is 5.75 Å². The van der Waals surface area contributed by atoms with Gasteiger partial charge in [-0.3, -0.25) is 4.79 Å². The van der Waals surface area contributed by atoms with Crippen molar-refractivity contribution in [2.45, 2.75) is 0 Å². The molecule has 2 rings (SSSR count). The SMILES string of the molecule is O=C(Oc1c(F)c(F)c(F)c(F)c1F)c1c[nH]ccc1=O. The molecular weight excluding hydrogens is 301 g/mol. The molecule has 0 saturated heterocycles. The fourth-order valence-corrected chi connectivity index (χ4v) is 1.40. The number of esters is 1. The summed E-state index contributed by atoms with van der Waals surface area (Å²) in [6.07, 6.45) is 2.02. The molecule has 1 N–H and O–H groups in total. The highest BCUT2D eigenvalue weighted by Gasteiger charge is 2.29. The monoisotopic (exact) mass is 305 g/mol. The minimum absolute atomic E-state index is 0.665. The number of H-pyrrole nitrogens is 1. The third-order valence-corrected chi connectivity index (χ3v) is 2.41. The molecule has 0 atom stereocenters. The number of nitrogens with one attached hydrogen (secondary N) is 1. The molecule has 1 aromatic carbocycles. The molecule has 21 heavy (non-hydrogen) atoms. The molecule has 4 nitrogen and oxygen atoms in total. The molecule has 110 valence electrons. The maximum absolute atomic E-state index is 13.3. The number of aromatic amines is 1. The highest BCUT2D eigenvalue weighted by atomic mass is 19.2. The summed E-state index contributed by atoms with van der Waals surface area (Å²) in [5.74, 6) is -14.9. The third kappa shape index (κ3) is 2.49. The molecule has 0 fully saturated rings. The Morgan fingerprint density at radius 2 is 1.48 bits per heavy atom. The molecule has 0 bridgehead atoms. The van der Waals surface area contributed by atoms with Crippen molar-refractivity contribution < 1.29 is 31.5 Å². The van der Waals surface area contributed by atoms with Gasteiger partial charge in [0.15, 0.2) is 5.43 Å². The van der Waals surface area contributed by atoms with Crippen molar-refractivity contribution in [1.82, 2.24) is 4.98 Å². The highest BCUT2D eigenvalue weighted by Crippen LogP contribution is 2.29. The van der Waals surface area contributed by atoms with Crippen LogP contribution in [0.3, 0.4) is 0 Å². The quantitative estimate of drug-likeness (QED) is 0.304. The fraction of sp³-hybridized carbons (Fsp3) is 0. The Labute approximate surface area is 112 Å². The smallest absolute Gasteiger partial charge is 0.349 e. The molecule has 0 spiro atoms. The summed E-state index contributed by atoms with van der Waals surface area (Å²) in [4.78, 5) is 25.2. The van der Waals surface area contributed by atoms with Gasteiger partial charge in [0.1, 0.15) is 5.56 Å². The highest BCUT2D eigenvalue weighted by molar-refractivity contribution is 5.90. The number of benzene rings is 1. The van der Waals surface area contributed by atoms with Gasteiger partial charge in [0.05, 0.1) is 0 Å². The van der Waals surface area contributed by atoms with Crippen molar-refractivity contribution >= 4 is 5.97 Å². The average molecular weight is 305 g/mol. The zero-order chi connectivity index (χ0) is 15.7. The van der Waals surface area contributed by atoms with E-state index in [1.165, 1.54) is 0 Å². The van der Waals surface area contributed by atoms with Gasteiger partial charge in [-0.05, 0) is 0 Å². The second-order valence-electron chi connectivity index (χ2n) is 3.71. The summed E-state index contributed by atoms with van der Waals surface area (Å²) < 4.78 is 69.3. The summed E-state index contributed by atoms with van der Waals surface area (Å²) in [6, 6.07) is 0.912. The van der Waals surface area contributed by atoms with E-state index in [9.17, 15) is 31.5 Å². The zero-order valence-corrected chi connectivity index (χ0v) is 9.85. The van der Waals surface area contributed by atoms with Crippen molar-refractivity contribution in [2.24, 2.45) is 0 Å². The van der Waals surface area contributed by atoms with Crippen LogP contribution in [0.2, 0.25) is 0 Å². The lowest BCUT2D eigenvalue weighted by atomic mass is 10.2. The van der Waals surface area contributed by atoms with E-state index in [1.54, 1.807) is 0 Å². The number of carbonyl (C=O) groups is 1. The molecule has 0 aliphatic heterocycles. The summed E-state index contributed by atoms with van der Waals surface area (Å²) in [6.45, 7) is 0. The molecule has 0 aliphatic carbocycles. The van der Waals surface area contributed by atoms with Crippen LogP contribution < -0.4 is 10.2 Å². The standard InChI is InChI=1S/C12H4F5NO3/c13-6-7(14)9(16)11(10(17)8(6)15)21-12(20)4-3-18-2-1-5(4)19/h1-3H,(H,18,19). The number of rotatable bonds is 2. The lowest BCUT2D eigenvalue weighted by Crippen LogP contribution is -2.20. The number of ether oxygens (including phenoxy) is 1. The first kappa shape index (κ1) is 14.7. The molecule has 9 heteroatoms. The first-order chi connectivity index (χ1) is 9.84. The van der Waals surface area contributed by atoms with E-state index in [0.29, 0.717) is 0 Å². The zero-order valence-electron chi connectivity index (χ0n) is 9.85. The molecule has 0 unspecified atom stereocenters. The first-order valence-corrected chi connectivity index (χ1v) is 5.25. The Morgan fingerprint density at radius 3 is 2.00 bits per heavy atom. The summed E-state index contributed by atoms with van der Waals surface area (Å²) in [5, 5.41) is 0. The van der Waals surface area contributed by atoms with E-state index < -0.39 is 51.8 Å². The Morgan fingerprint density at radius 1 is 0.952 bits per heavy atom. The fourth-order valence-electron chi connectivity index (χ4n) is 1.40. The number of carbonyl (C=O) groups excluding carboxylic acids is 1. The largest absolute Gasteiger partial charge is 0.416 e. The summed E-state index contributed by atoms with van der Waals surface area (Å²) >= 11 is 0. The van der Waals surface area contributed by atoms with Crippen LogP contribution >= 0.6 is 0 Å². The van der Waals surface area contributed by atoms with Crippen LogP contribution in [0.4, 0.5) is 22.0 Å². The van der Waals surface area contributed by atoms with Gasteiger partial charge in [-0.1, -0.05) is 0 Å². The van der Waals surface area contributed by atoms with Crippen LogP contribution in [-0.2, 0) is 0 Å². The van der Waals surface area contributed by atoms with Crippen molar-refractivity contribution in [3.63, 3.8) is 0 Å². The van der Waals surface area contributed by atoms with Gasteiger partial charge in [0.2, 0.25) is 34.8 Å². The second kappa shape index (κ2) is 5.35. The molecule has 0 saturated carbocycles. The minimum Gasteiger partial charge on any atom is -0.416 e. The van der Waals surface area contributed by atoms with Crippen LogP contribution in [0.25, 0.3) is 0 Å². The maximum Gasteiger partial charge on any atom is 0.349 e. The van der Waals surface area contributed by atoms with Crippen molar-refractivity contribution in [3.05, 3.63) is 63.3 Å². The topological polar surface area (TPSA) is 59.2 Å². The Balaban J connectivity index is 2.48. The number of pyridine rings is 1. The molecule has 2 aromatic rings. The molecule has 0 aliphatic rings. The lowest BCUT2D eigenvalue weighted by molar-refractivity contribution is 0.0714. The second-order valence-corrected chi connectivity index (χ2v) is 3.71. The van der Waals surface area contributed by atoms with E-state index in [-0.39, 0.29) is 0 Å². The van der Waals surface area contributed by atoms with Gasteiger partial charge < -0.3 is 9.72 Å². The van der Waals surface area contributed by atoms with E-state index in [4.69, 9.17) is 0 Å². The van der Waals surface area contributed by atoms with E-state index >= 15 is 0 Å². The van der Waals surface area contributed by atoms with Crippen LogP contribution in [0, 0.1) is 29.1 Å². The van der Waals surface area contributed by atoms with Crippen LogP contribution in [-0.4, -0.2) is 11.0 Å². The number of hydrogen-bond donors (Lipinski definition) is 1. The van der Waals surface area contributed by atoms with Gasteiger partial charge in [0.25, 0.3) is 0 Å². The minimum atomic E-state index is -2.39. The van der Waals surface area contributed by atoms with Crippen molar-refractivity contribution in [2.75, 3.05) is 0 Å². The molecular formula is C12H4F5NO3. The Kier molecular flexibility index (Phi) is 3.74. The summed E-state index contributed by atoms with van der Waals surface area (Å²) in [7, 11) is 0. The Bertz CT molecular complexity index is 758. The maximum atomic E-state index is 13.3. The average Bonchev–Trinajstić information content (AvgIpc) is 2.48. The molecule has 1 aromatic heterocycles. The van der Waals surface area contributed by atoms with E-state index in [2.05, 4.69) is 9.72 Å². The van der Waals surface area contributed by atoms with E-state index in [1.807, 2.05) is 0 Å². The summed E-state index contributed by atoms with van der Waals surface area (Å²) in [5.41, 5.74) is -1.52. The predicted octanol–water partition coefficient (Wildman–Crippen LogP) is 2.29. The number of halogens is 5.